The third kappa shape index (κ3) is 3.82. The molecule has 1 N–H and O–H groups in total. The SMILES string of the molecule is CCCc1ccc(N2C[C@@H](C(=O)NOCC)CC2=O)cc1. The van der Waals surface area contributed by atoms with Crippen LogP contribution >= 0.6 is 0 Å². The predicted molar refractivity (Wildman–Crippen MR) is 80.7 cm³/mol. The van der Waals surface area contributed by atoms with Crippen molar-refractivity contribution >= 4 is 17.5 Å². The number of hydrogen-bond donors (Lipinski definition) is 1. The molecule has 2 rings (SSSR count). The van der Waals surface area contributed by atoms with Crippen molar-refractivity contribution < 1.29 is 14.4 Å². The van der Waals surface area contributed by atoms with E-state index in [1.165, 1.54) is 5.56 Å². The number of amides is 2. The van der Waals surface area contributed by atoms with Gasteiger partial charge in [0.05, 0.1) is 12.5 Å². The molecular formula is C16H22N2O3. The van der Waals surface area contributed by atoms with Crippen LogP contribution in [-0.2, 0) is 20.8 Å². The van der Waals surface area contributed by atoms with Gasteiger partial charge in [-0.2, -0.15) is 0 Å². The highest BCUT2D eigenvalue weighted by Gasteiger charge is 2.35. The van der Waals surface area contributed by atoms with Crippen molar-refractivity contribution in [3.05, 3.63) is 29.8 Å². The van der Waals surface area contributed by atoms with E-state index < -0.39 is 0 Å². The van der Waals surface area contributed by atoms with Crippen molar-refractivity contribution in [2.75, 3.05) is 18.1 Å². The van der Waals surface area contributed by atoms with E-state index in [0.717, 1.165) is 18.5 Å². The standard InChI is InChI=1S/C16H22N2O3/c1-3-5-12-6-8-14(9-7-12)18-11-13(10-15(18)19)16(20)17-21-4-2/h6-9,13H,3-5,10-11H2,1-2H3,(H,17,20)/t13-/m0/s1. The summed E-state index contributed by atoms with van der Waals surface area (Å²) in [7, 11) is 0. The molecule has 1 aromatic rings. The first-order valence-electron chi connectivity index (χ1n) is 7.46. The van der Waals surface area contributed by atoms with Crippen LogP contribution in [0.2, 0.25) is 0 Å². The van der Waals surface area contributed by atoms with Gasteiger partial charge in [-0.25, -0.2) is 5.48 Å². The van der Waals surface area contributed by atoms with Gasteiger partial charge < -0.3 is 4.90 Å². The Bertz CT molecular complexity index is 499. The van der Waals surface area contributed by atoms with Crippen LogP contribution in [0.25, 0.3) is 0 Å². The highest BCUT2D eigenvalue weighted by molar-refractivity contribution is 6.00. The van der Waals surface area contributed by atoms with Crippen LogP contribution in [-0.4, -0.2) is 25.0 Å². The average molecular weight is 290 g/mol. The summed E-state index contributed by atoms with van der Waals surface area (Å²) in [5.74, 6) is -0.593. The summed E-state index contributed by atoms with van der Waals surface area (Å²) in [6, 6.07) is 7.98. The van der Waals surface area contributed by atoms with Crippen molar-refractivity contribution in [3.8, 4) is 0 Å². The Kier molecular flexibility index (Phi) is 5.33. The summed E-state index contributed by atoms with van der Waals surface area (Å²) >= 11 is 0. The van der Waals surface area contributed by atoms with Gasteiger partial charge in [0, 0.05) is 18.7 Å². The number of hydroxylamine groups is 1. The average Bonchev–Trinajstić information content (AvgIpc) is 2.88. The molecule has 5 heteroatoms. The minimum Gasteiger partial charge on any atom is -0.312 e. The van der Waals surface area contributed by atoms with Gasteiger partial charge in [-0.15, -0.1) is 0 Å². The third-order valence-electron chi connectivity index (χ3n) is 3.60. The maximum atomic E-state index is 12.1. The number of aryl methyl sites for hydroxylation is 1. The number of rotatable bonds is 6. The molecule has 1 aliphatic rings. The molecule has 0 aliphatic carbocycles. The molecule has 1 fully saturated rings. The maximum Gasteiger partial charge on any atom is 0.248 e. The molecule has 1 heterocycles. The second-order valence-electron chi connectivity index (χ2n) is 5.22. The molecule has 0 saturated carbocycles. The Morgan fingerprint density at radius 3 is 2.67 bits per heavy atom. The lowest BCUT2D eigenvalue weighted by Gasteiger charge is -2.17. The van der Waals surface area contributed by atoms with Crippen LogP contribution in [0, 0.1) is 5.92 Å². The fourth-order valence-corrected chi connectivity index (χ4v) is 2.49. The van der Waals surface area contributed by atoms with Crippen molar-refractivity contribution in [1.29, 1.82) is 0 Å². The smallest absolute Gasteiger partial charge is 0.248 e. The van der Waals surface area contributed by atoms with Crippen molar-refractivity contribution in [2.45, 2.75) is 33.1 Å². The predicted octanol–water partition coefficient (Wildman–Crippen LogP) is 2.06. The van der Waals surface area contributed by atoms with Crippen LogP contribution in [0.3, 0.4) is 0 Å². The molecule has 0 aromatic heterocycles. The molecule has 0 spiro atoms. The Hall–Kier alpha value is -1.88. The molecule has 1 aromatic carbocycles. The number of anilines is 1. The molecule has 114 valence electrons. The van der Waals surface area contributed by atoms with Crippen molar-refractivity contribution in [1.82, 2.24) is 5.48 Å². The minimum atomic E-state index is -0.348. The largest absolute Gasteiger partial charge is 0.312 e. The summed E-state index contributed by atoms with van der Waals surface area (Å²) in [6.07, 6.45) is 2.37. The van der Waals surface area contributed by atoms with Crippen LogP contribution < -0.4 is 10.4 Å². The number of nitrogens with one attached hydrogen (secondary N) is 1. The van der Waals surface area contributed by atoms with E-state index >= 15 is 0 Å². The summed E-state index contributed by atoms with van der Waals surface area (Å²) in [6.45, 7) is 4.75. The maximum absolute atomic E-state index is 12.1. The van der Waals surface area contributed by atoms with E-state index in [1.807, 2.05) is 24.3 Å². The summed E-state index contributed by atoms with van der Waals surface area (Å²) in [5, 5.41) is 0. The fourth-order valence-electron chi connectivity index (χ4n) is 2.49. The highest BCUT2D eigenvalue weighted by atomic mass is 16.6. The van der Waals surface area contributed by atoms with Crippen molar-refractivity contribution in [3.63, 3.8) is 0 Å². The highest BCUT2D eigenvalue weighted by Crippen LogP contribution is 2.25. The van der Waals surface area contributed by atoms with Gasteiger partial charge in [0.1, 0.15) is 0 Å². The van der Waals surface area contributed by atoms with Gasteiger partial charge in [-0.05, 0) is 31.0 Å². The topological polar surface area (TPSA) is 58.6 Å². The summed E-state index contributed by atoms with van der Waals surface area (Å²) in [4.78, 5) is 30.5. The van der Waals surface area contributed by atoms with Gasteiger partial charge in [0.25, 0.3) is 0 Å². The monoisotopic (exact) mass is 290 g/mol. The van der Waals surface area contributed by atoms with Crippen LogP contribution in [0.5, 0.6) is 0 Å². The molecule has 1 aliphatic heterocycles. The van der Waals surface area contributed by atoms with Gasteiger partial charge in [-0.3, -0.25) is 14.4 Å². The molecule has 0 unspecified atom stereocenters. The zero-order chi connectivity index (χ0) is 15.2. The Morgan fingerprint density at radius 2 is 2.05 bits per heavy atom. The van der Waals surface area contributed by atoms with E-state index in [9.17, 15) is 9.59 Å². The van der Waals surface area contributed by atoms with Gasteiger partial charge in [0.15, 0.2) is 0 Å². The van der Waals surface area contributed by atoms with E-state index in [-0.39, 0.29) is 24.2 Å². The second-order valence-corrected chi connectivity index (χ2v) is 5.22. The Labute approximate surface area is 125 Å². The molecular weight excluding hydrogens is 268 g/mol. The minimum absolute atomic E-state index is 0.0186. The first-order valence-corrected chi connectivity index (χ1v) is 7.46. The van der Waals surface area contributed by atoms with Gasteiger partial charge in [-0.1, -0.05) is 25.5 Å². The van der Waals surface area contributed by atoms with E-state index in [1.54, 1.807) is 11.8 Å². The van der Waals surface area contributed by atoms with E-state index in [0.29, 0.717) is 13.2 Å². The molecule has 0 radical (unpaired) electrons. The lowest BCUT2D eigenvalue weighted by Crippen LogP contribution is -2.33. The zero-order valence-corrected chi connectivity index (χ0v) is 12.6. The molecule has 2 amide bonds. The number of nitrogens with zero attached hydrogens (tertiary/aromatic N) is 1. The third-order valence-corrected chi connectivity index (χ3v) is 3.60. The number of carbonyl (C=O) groups excluding carboxylic acids is 2. The van der Waals surface area contributed by atoms with Gasteiger partial charge >= 0.3 is 0 Å². The first-order chi connectivity index (χ1) is 10.2. The lowest BCUT2D eigenvalue weighted by molar-refractivity contribution is -0.137. The van der Waals surface area contributed by atoms with E-state index in [4.69, 9.17) is 4.84 Å². The van der Waals surface area contributed by atoms with Crippen LogP contribution in [0.4, 0.5) is 5.69 Å². The molecule has 1 saturated heterocycles. The molecule has 1 atom stereocenters. The zero-order valence-electron chi connectivity index (χ0n) is 12.6. The number of benzene rings is 1. The first kappa shape index (κ1) is 15.5. The van der Waals surface area contributed by atoms with Gasteiger partial charge in [0.2, 0.25) is 11.8 Å². The lowest BCUT2D eigenvalue weighted by atomic mass is 10.1. The quantitative estimate of drug-likeness (QED) is 0.816. The Morgan fingerprint density at radius 1 is 1.33 bits per heavy atom. The molecule has 0 bridgehead atoms. The summed E-state index contributed by atoms with van der Waals surface area (Å²) < 4.78 is 0. The van der Waals surface area contributed by atoms with Crippen LogP contribution in [0.1, 0.15) is 32.3 Å². The normalized spacial score (nSPS) is 18.1. The molecule has 21 heavy (non-hydrogen) atoms. The van der Waals surface area contributed by atoms with Crippen molar-refractivity contribution in [2.24, 2.45) is 5.92 Å². The number of carbonyl (C=O) groups is 2. The summed E-state index contributed by atoms with van der Waals surface area (Å²) in [5.41, 5.74) is 4.49. The fraction of sp³-hybridized carbons (Fsp3) is 0.500. The van der Waals surface area contributed by atoms with E-state index in [2.05, 4.69) is 12.4 Å². The number of hydrogen-bond acceptors (Lipinski definition) is 3. The van der Waals surface area contributed by atoms with Crippen LogP contribution in [0.15, 0.2) is 24.3 Å². The molecule has 5 nitrogen and oxygen atoms in total. The Balaban J connectivity index is 2.00. The second kappa shape index (κ2) is 7.22.